The fraction of sp³-hybridized carbons (Fsp3) is 0.0714. The van der Waals surface area contributed by atoms with Gasteiger partial charge in [-0.25, -0.2) is 0 Å². The minimum Gasteiger partial charge on any atom is -0.398 e. The molecule has 0 aliphatic carbocycles. The van der Waals surface area contributed by atoms with E-state index in [4.69, 9.17) is 17.3 Å². The maximum absolute atomic E-state index is 12.3. The molecule has 1 aliphatic heterocycles. The summed E-state index contributed by atoms with van der Waals surface area (Å²) in [7, 11) is 0. The van der Waals surface area contributed by atoms with Crippen LogP contribution in [0.3, 0.4) is 0 Å². The number of hydrogen-bond acceptors (Lipinski definition) is 2. The average molecular weight is 259 g/mol. The zero-order chi connectivity index (χ0) is 12.7. The first kappa shape index (κ1) is 11.1. The summed E-state index contributed by atoms with van der Waals surface area (Å²) in [5.74, 6) is -0.0505. The van der Waals surface area contributed by atoms with Crippen molar-refractivity contribution in [1.82, 2.24) is 0 Å². The van der Waals surface area contributed by atoms with E-state index in [0.717, 1.165) is 11.3 Å². The highest BCUT2D eigenvalue weighted by Gasteiger charge is 2.29. The number of anilines is 2. The van der Waals surface area contributed by atoms with Crippen molar-refractivity contribution in [2.45, 2.75) is 6.54 Å². The van der Waals surface area contributed by atoms with Crippen LogP contribution in [0.15, 0.2) is 42.5 Å². The molecule has 90 valence electrons. The van der Waals surface area contributed by atoms with Gasteiger partial charge in [0, 0.05) is 16.4 Å². The molecule has 18 heavy (non-hydrogen) atoms. The van der Waals surface area contributed by atoms with Crippen molar-refractivity contribution in [2.75, 3.05) is 10.6 Å². The lowest BCUT2D eigenvalue weighted by atomic mass is 10.1. The number of hydrogen-bond donors (Lipinski definition) is 1. The highest BCUT2D eigenvalue weighted by atomic mass is 35.5. The highest BCUT2D eigenvalue weighted by molar-refractivity contribution is 6.30. The standard InChI is InChI=1S/C14H11ClN2O/c15-10-4-6-11(7-5-10)17-8-9-2-1-3-12(16)13(9)14(17)18/h1-7H,8,16H2. The van der Waals surface area contributed by atoms with Crippen molar-refractivity contribution in [1.29, 1.82) is 0 Å². The number of nitrogen functional groups attached to an aromatic ring is 1. The van der Waals surface area contributed by atoms with Crippen LogP contribution in [0.4, 0.5) is 11.4 Å². The number of carbonyl (C=O) groups is 1. The molecule has 2 aromatic carbocycles. The normalized spacial score (nSPS) is 13.8. The molecule has 0 radical (unpaired) electrons. The summed E-state index contributed by atoms with van der Waals surface area (Å²) >= 11 is 5.85. The van der Waals surface area contributed by atoms with E-state index in [0.29, 0.717) is 22.8 Å². The minimum absolute atomic E-state index is 0.0505. The van der Waals surface area contributed by atoms with E-state index in [-0.39, 0.29) is 5.91 Å². The maximum atomic E-state index is 12.3. The van der Waals surface area contributed by atoms with Crippen molar-refractivity contribution in [2.24, 2.45) is 0 Å². The molecule has 0 unspecified atom stereocenters. The van der Waals surface area contributed by atoms with E-state index >= 15 is 0 Å². The van der Waals surface area contributed by atoms with Gasteiger partial charge in [0.15, 0.2) is 0 Å². The summed E-state index contributed by atoms with van der Waals surface area (Å²) in [6.45, 7) is 0.556. The molecule has 3 rings (SSSR count). The van der Waals surface area contributed by atoms with E-state index < -0.39 is 0 Å². The minimum atomic E-state index is -0.0505. The van der Waals surface area contributed by atoms with Crippen LogP contribution in [-0.2, 0) is 6.54 Å². The first-order chi connectivity index (χ1) is 8.66. The maximum Gasteiger partial charge on any atom is 0.261 e. The van der Waals surface area contributed by atoms with Gasteiger partial charge in [-0.1, -0.05) is 23.7 Å². The molecule has 4 heteroatoms. The van der Waals surface area contributed by atoms with E-state index in [1.54, 1.807) is 23.1 Å². The van der Waals surface area contributed by atoms with E-state index in [1.807, 2.05) is 24.3 Å². The Morgan fingerprint density at radius 3 is 2.50 bits per heavy atom. The molecular weight excluding hydrogens is 248 g/mol. The molecule has 1 aliphatic rings. The van der Waals surface area contributed by atoms with Gasteiger partial charge in [-0.05, 0) is 35.9 Å². The van der Waals surface area contributed by atoms with Gasteiger partial charge < -0.3 is 10.6 Å². The Balaban J connectivity index is 2.02. The predicted octanol–water partition coefficient (Wildman–Crippen LogP) is 3.08. The smallest absolute Gasteiger partial charge is 0.261 e. The number of amides is 1. The SMILES string of the molecule is Nc1cccc2c1C(=O)N(c1ccc(Cl)cc1)C2. The molecule has 0 spiro atoms. The summed E-state index contributed by atoms with van der Waals surface area (Å²) in [5.41, 5.74) is 8.81. The molecule has 0 atom stereocenters. The van der Waals surface area contributed by atoms with Crippen molar-refractivity contribution in [3.8, 4) is 0 Å². The summed E-state index contributed by atoms with van der Waals surface area (Å²) in [6, 6.07) is 12.8. The Morgan fingerprint density at radius 2 is 1.83 bits per heavy atom. The zero-order valence-electron chi connectivity index (χ0n) is 9.56. The Kier molecular flexibility index (Phi) is 2.49. The zero-order valence-corrected chi connectivity index (χ0v) is 10.3. The molecule has 0 aromatic heterocycles. The van der Waals surface area contributed by atoms with Crippen LogP contribution in [0.5, 0.6) is 0 Å². The molecule has 0 fully saturated rings. The first-order valence-corrected chi connectivity index (χ1v) is 5.99. The largest absolute Gasteiger partial charge is 0.398 e. The topological polar surface area (TPSA) is 46.3 Å². The molecule has 0 saturated carbocycles. The first-order valence-electron chi connectivity index (χ1n) is 5.61. The van der Waals surface area contributed by atoms with Gasteiger partial charge in [0.1, 0.15) is 0 Å². The van der Waals surface area contributed by atoms with Crippen LogP contribution in [0.25, 0.3) is 0 Å². The number of rotatable bonds is 1. The molecule has 2 aromatic rings. The number of benzene rings is 2. The third-order valence-corrected chi connectivity index (χ3v) is 3.36. The van der Waals surface area contributed by atoms with Crippen molar-refractivity contribution in [3.05, 3.63) is 58.6 Å². The number of nitrogens with two attached hydrogens (primary N) is 1. The van der Waals surface area contributed by atoms with Crippen LogP contribution in [-0.4, -0.2) is 5.91 Å². The summed E-state index contributed by atoms with van der Waals surface area (Å²) in [4.78, 5) is 14.0. The van der Waals surface area contributed by atoms with Crippen LogP contribution < -0.4 is 10.6 Å². The fourth-order valence-electron chi connectivity index (χ4n) is 2.22. The van der Waals surface area contributed by atoms with Gasteiger partial charge in [-0.2, -0.15) is 0 Å². The third-order valence-electron chi connectivity index (χ3n) is 3.11. The summed E-state index contributed by atoms with van der Waals surface area (Å²) < 4.78 is 0. The second kappa shape index (κ2) is 4.03. The molecule has 2 N–H and O–H groups in total. The molecule has 3 nitrogen and oxygen atoms in total. The van der Waals surface area contributed by atoms with Gasteiger partial charge in [0.2, 0.25) is 0 Å². The summed E-state index contributed by atoms with van der Waals surface area (Å²) in [6.07, 6.45) is 0. The Morgan fingerprint density at radius 1 is 1.11 bits per heavy atom. The summed E-state index contributed by atoms with van der Waals surface area (Å²) in [5, 5.41) is 0.655. The van der Waals surface area contributed by atoms with Gasteiger partial charge in [0.05, 0.1) is 12.1 Å². The molecule has 1 amide bonds. The number of nitrogens with zero attached hydrogens (tertiary/aromatic N) is 1. The van der Waals surface area contributed by atoms with E-state index in [1.165, 1.54) is 0 Å². The van der Waals surface area contributed by atoms with Crippen molar-refractivity contribution < 1.29 is 4.79 Å². The van der Waals surface area contributed by atoms with Gasteiger partial charge in [0.25, 0.3) is 5.91 Å². The third kappa shape index (κ3) is 1.64. The van der Waals surface area contributed by atoms with Gasteiger partial charge in [-0.15, -0.1) is 0 Å². The molecular formula is C14H11ClN2O. The van der Waals surface area contributed by atoms with Gasteiger partial charge >= 0.3 is 0 Å². The number of fused-ring (bicyclic) bond motifs is 1. The monoisotopic (exact) mass is 258 g/mol. The number of carbonyl (C=O) groups excluding carboxylic acids is 1. The molecule has 1 heterocycles. The van der Waals surface area contributed by atoms with E-state index in [2.05, 4.69) is 0 Å². The average Bonchev–Trinajstić information content (AvgIpc) is 2.69. The Labute approximate surface area is 110 Å². The predicted molar refractivity (Wildman–Crippen MR) is 72.8 cm³/mol. The Hall–Kier alpha value is -2.00. The lowest BCUT2D eigenvalue weighted by Crippen LogP contribution is -2.23. The lowest BCUT2D eigenvalue weighted by molar-refractivity contribution is 0.0997. The molecule has 0 saturated heterocycles. The van der Waals surface area contributed by atoms with Crippen LogP contribution in [0.1, 0.15) is 15.9 Å². The fourth-order valence-corrected chi connectivity index (χ4v) is 2.35. The van der Waals surface area contributed by atoms with Crippen molar-refractivity contribution in [3.63, 3.8) is 0 Å². The second-order valence-corrected chi connectivity index (χ2v) is 4.69. The van der Waals surface area contributed by atoms with E-state index in [9.17, 15) is 4.79 Å². The van der Waals surface area contributed by atoms with Crippen LogP contribution in [0, 0.1) is 0 Å². The van der Waals surface area contributed by atoms with Crippen LogP contribution in [0.2, 0.25) is 5.02 Å². The highest BCUT2D eigenvalue weighted by Crippen LogP contribution is 2.31. The van der Waals surface area contributed by atoms with Gasteiger partial charge in [-0.3, -0.25) is 4.79 Å². The number of halogens is 1. The lowest BCUT2D eigenvalue weighted by Gasteiger charge is -2.15. The molecule has 0 bridgehead atoms. The van der Waals surface area contributed by atoms with Crippen LogP contribution >= 0.6 is 11.6 Å². The van der Waals surface area contributed by atoms with Crippen molar-refractivity contribution >= 4 is 28.9 Å². The quantitative estimate of drug-likeness (QED) is 0.799. The Bertz CT molecular complexity index is 622. The second-order valence-electron chi connectivity index (χ2n) is 4.25.